The molecule has 2 aromatic rings. The predicted octanol–water partition coefficient (Wildman–Crippen LogP) is 4.67. The second-order valence-electron chi connectivity index (χ2n) is 6.02. The average molecular weight is 306 g/mol. The molecule has 1 unspecified atom stereocenters. The van der Waals surface area contributed by atoms with Gasteiger partial charge in [0.15, 0.2) is 0 Å². The molecule has 21 heavy (non-hydrogen) atoms. The first-order chi connectivity index (χ1) is 9.99. The number of thiophene rings is 1. The van der Waals surface area contributed by atoms with E-state index in [1.54, 1.807) is 11.3 Å². The van der Waals surface area contributed by atoms with Crippen LogP contribution in [0.1, 0.15) is 45.4 Å². The van der Waals surface area contributed by atoms with Gasteiger partial charge < -0.3 is 10.6 Å². The monoisotopic (exact) mass is 306 g/mol. The molecule has 0 fully saturated rings. The minimum atomic E-state index is 0.417. The number of hydrogen-bond donors (Lipinski definition) is 2. The van der Waals surface area contributed by atoms with Gasteiger partial charge in [0.05, 0.1) is 5.39 Å². The lowest BCUT2D eigenvalue weighted by Gasteiger charge is -2.17. The van der Waals surface area contributed by atoms with Crippen molar-refractivity contribution < 1.29 is 0 Å². The Morgan fingerprint density at radius 2 is 1.95 bits per heavy atom. The molecule has 0 aromatic carbocycles. The highest BCUT2D eigenvalue weighted by Crippen LogP contribution is 2.30. The lowest BCUT2D eigenvalue weighted by atomic mass is 10.0. The largest absolute Gasteiger partial charge is 0.367 e. The molecule has 0 radical (unpaired) electrons. The number of hydrogen-bond acceptors (Lipinski definition) is 5. The highest BCUT2D eigenvalue weighted by molar-refractivity contribution is 7.18. The molecule has 0 aliphatic carbocycles. The Hall–Kier alpha value is -1.36. The molecule has 5 heteroatoms. The fraction of sp³-hybridized carbons (Fsp3) is 0.625. The van der Waals surface area contributed by atoms with Crippen LogP contribution < -0.4 is 10.6 Å². The van der Waals surface area contributed by atoms with Gasteiger partial charge in [-0.15, -0.1) is 11.3 Å². The van der Waals surface area contributed by atoms with Crippen LogP contribution in [0.25, 0.3) is 10.2 Å². The van der Waals surface area contributed by atoms with Gasteiger partial charge in [0.2, 0.25) is 5.95 Å². The van der Waals surface area contributed by atoms with Gasteiger partial charge in [0, 0.05) is 17.5 Å². The van der Waals surface area contributed by atoms with Crippen molar-refractivity contribution in [2.45, 2.75) is 53.5 Å². The fourth-order valence-electron chi connectivity index (χ4n) is 2.28. The third kappa shape index (κ3) is 4.30. The zero-order chi connectivity index (χ0) is 15.4. The van der Waals surface area contributed by atoms with E-state index in [1.807, 2.05) is 0 Å². The normalized spacial score (nSPS) is 12.9. The summed E-state index contributed by atoms with van der Waals surface area (Å²) in [4.78, 5) is 11.6. The Morgan fingerprint density at radius 3 is 2.62 bits per heavy atom. The molecule has 0 aliphatic heterocycles. The van der Waals surface area contributed by atoms with Crippen LogP contribution in [0, 0.1) is 12.8 Å². The molecule has 0 saturated carbocycles. The molecule has 1 atom stereocenters. The first-order valence-corrected chi connectivity index (χ1v) is 8.59. The molecule has 0 aliphatic rings. The lowest BCUT2D eigenvalue weighted by molar-refractivity contribution is 0.527. The van der Waals surface area contributed by atoms with Crippen molar-refractivity contribution >= 4 is 33.3 Å². The molecule has 2 aromatic heterocycles. The van der Waals surface area contributed by atoms with Crippen molar-refractivity contribution in [1.82, 2.24) is 9.97 Å². The Labute approximate surface area is 131 Å². The smallest absolute Gasteiger partial charge is 0.226 e. The molecular weight excluding hydrogens is 280 g/mol. The van der Waals surface area contributed by atoms with Crippen LogP contribution in [0.4, 0.5) is 11.8 Å². The van der Waals surface area contributed by atoms with Gasteiger partial charge in [-0.3, -0.25) is 0 Å². The maximum absolute atomic E-state index is 4.64. The van der Waals surface area contributed by atoms with Crippen LogP contribution in [0.5, 0.6) is 0 Å². The molecule has 2 rings (SSSR count). The first-order valence-electron chi connectivity index (χ1n) is 7.78. The van der Waals surface area contributed by atoms with Crippen LogP contribution in [0.2, 0.25) is 0 Å². The summed E-state index contributed by atoms with van der Waals surface area (Å²) in [5, 5.41) is 7.92. The van der Waals surface area contributed by atoms with Crippen molar-refractivity contribution in [2.24, 2.45) is 5.92 Å². The third-order valence-electron chi connectivity index (χ3n) is 3.41. The topological polar surface area (TPSA) is 49.8 Å². The van der Waals surface area contributed by atoms with Crippen LogP contribution >= 0.6 is 11.3 Å². The zero-order valence-corrected chi connectivity index (χ0v) is 14.5. The lowest BCUT2D eigenvalue weighted by Crippen LogP contribution is -2.17. The number of nitrogens with zero attached hydrogens (tertiary/aromatic N) is 2. The van der Waals surface area contributed by atoms with Crippen LogP contribution in [0.3, 0.4) is 0 Å². The van der Waals surface area contributed by atoms with E-state index in [0.717, 1.165) is 34.9 Å². The third-order valence-corrected chi connectivity index (χ3v) is 4.36. The fourth-order valence-corrected chi connectivity index (χ4v) is 3.16. The quantitative estimate of drug-likeness (QED) is 0.780. The maximum atomic E-state index is 4.64. The molecule has 4 nitrogen and oxygen atoms in total. The number of rotatable bonds is 7. The molecule has 2 N–H and O–H groups in total. The van der Waals surface area contributed by atoms with E-state index in [1.165, 1.54) is 11.3 Å². The molecule has 0 amide bonds. The van der Waals surface area contributed by atoms with Gasteiger partial charge in [-0.1, -0.05) is 13.8 Å². The van der Waals surface area contributed by atoms with E-state index in [9.17, 15) is 0 Å². The predicted molar refractivity (Wildman–Crippen MR) is 93.5 cm³/mol. The second-order valence-corrected chi connectivity index (χ2v) is 7.25. The summed E-state index contributed by atoms with van der Waals surface area (Å²) in [7, 11) is 0. The molecule has 0 saturated heterocycles. The van der Waals surface area contributed by atoms with Crippen LogP contribution in [-0.2, 0) is 0 Å². The summed E-state index contributed by atoms with van der Waals surface area (Å²) in [5.74, 6) is 2.40. The van der Waals surface area contributed by atoms with Crippen molar-refractivity contribution in [3.8, 4) is 0 Å². The maximum Gasteiger partial charge on any atom is 0.226 e. The van der Waals surface area contributed by atoms with Crippen molar-refractivity contribution in [2.75, 3.05) is 17.2 Å². The van der Waals surface area contributed by atoms with Gasteiger partial charge in [0.25, 0.3) is 0 Å². The summed E-state index contributed by atoms with van der Waals surface area (Å²) >= 11 is 1.72. The van der Waals surface area contributed by atoms with E-state index < -0.39 is 0 Å². The average Bonchev–Trinajstić information content (AvgIpc) is 2.77. The number of fused-ring (bicyclic) bond motifs is 1. The molecule has 116 valence electrons. The van der Waals surface area contributed by atoms with E-state index >= 15 is 0 Å². The minimum absolute atomic E-state index is 0.417. The summed E-state index contributed by atoms with van der Waals surface area (Å²) in [5.41, 5.74) is 0. The van der Waals surface area contributed by atoms with Gasteiger partial charge >= 0.3 is 0 Å². The van der Waals surface area contributed by atoms with Crippen LogP contribution in [0.15, 0.2) is 6.07 Å². The summed E-state index contributed by atoms with van der Waals surface area (Å²) < 4.78 is 0. The van der Waals surface area contributed by atoms with E-state index in [4.69, 9.17) is 0 Å². The van der Waals surface area contributed by atoms with Crippen LogP contribution in [-0.4, -0.2) is 22.6 Å². The number of nitrogens with one attached hydrogen (secondary N) is 2. The van der Waals surface area contributed by atoms with Crippen molar-refractivity contribution in [3.63, 3.8) is 0 Å². The van der Waals surface area contributed by atoms with Gasteiger partial charge in [-0.05, 0) is 45.6 Å². The summed E-state index contributed by atoms with van der Waals surface area (Å²) in [6.07, 6.45) is 2.38. The number of aromatic nitrogens is 2. The molecule has 2 heterocycles. The molecule has 0 spiro atoms. The SMILES string of the molecule is CCNc1nc(NC(C)CCC(C)C)c2cc(C)sc2n1. The minimum Gasteiger partial charge on any atom is -0.367 e. The Balaban J connectivity index is 2.23. The summed E-state index contributed by atoms with van der Waals surface area (Å²) in [6, 6.07) is 2.59. The molecule has 0 bridgehead atoms. The Kier molecular flexibility index (Phi) is 5.39. The van der Waals surface area contributed by atoms with Gasteiger partial charge in [-0.2, -0.15) is 4.98 Å². The van der Waals surface area contributed by atoms with E-state index in [0.29, 0.717) is 12.0 Å². The Bertz CT molecular complexity index is 591. The highest BCUT2D eigenvalue weighted by Gasteiger charge is 2.12. The highest BCUT2D eigenvalue weighted by atomic mass is 32.1. The number of aryl methyl sites for hydroxylation is 1. The van der Waals surface area contributed by atoms with Crippen molar-refractivity contribution in [3.05, 3.63) is 10.9 Å². The zero-order valence-electron chi connectivity index (χ0n) is 13.7. The Morgan fingerprint density at radius 1 is 1.19 bits per heavy atom. The summed E-state index contributed by atoms with van der Waals surface area (Å²) in [6.45, 7) is 11.8. The van der Waals surface area contributed by atoms with E-state index in [-0.39, 0.29) is 0 Å². The van der Waals surface area contributed by atoms with Gasteiger partial charge in [0.1, 0.15) is 10.6 Å². The standard InChI is InChI=1S/C16H26N4S/c1-6-17-16-19-14(18-11(4)8-7-10(2)3)13-9-12(5)21-15(13)20-16/h9-11H,6-8H2,1-5H3,(H2,17,18,19,20). The first kappa shape index (κ1) is 16.0. The van der Waals surface area contributed by atoms with Gasteiger partial charge in [-0.25, -0.2) is 4.98 Å². The van der Waals surface area contributed by atoms with E-state index in [2.05, 4.69) is 61.3 Å². The second kappa shape index (κ2) is 7.07. The molecular formula is C16H26N4S. The number of anilines is 2. The van der Waals surface area contributed by atoms with Crippen molar-refractivity contribution in [1.29, 1.82) is 0 Å².